The SMILES string of the molecule is Cc1ccc(C)c(C(C)NC(=O)C(c2ccccc2)N(C)S(C)(=O)=O)c1. The molecule has 0 radical (unpaired) electrons. The molecule has 0 aliphatic rings. The summed E-state index contributed by atoms with van der Waals surface area (Å²) in [7, 11) is -2.11. The highest BCUT2D eigenvalue weighted by Crippen LogP contribution is 2.25. The van der Waals surface area contributed by atoms with Crippen molar-refractivity contribution in [2.75, 3.05) is 13.3 Å². The second-order valence-electron chi connectivity index (χ2n) is 6.68. The largest absolute Gasteiger partial charge is 0.348 e. The molecule has 0 aromatic heterocycles. The van der Waals surface area contributed by atoms with Crippen LogP contribution in [0.25, 0.3) is 0 Å². The fourth-order valence-electron chi connectivity index (χ4n) is 2.95. The first-order chi connectivity index (χ1) is 12.1. The molecule has 2 aromatic carbocycles. The molecule has 0 aliphatic heterocycles. The number of nitrogens with zero attached hydrogens (tertiary/aromatic N) is 1. The van der Waals surface area contributed by atoms with E-state index in [0.717, 1.165) is 27.3 Å². The van der Waals surface area contributed by atoms with E-state index < -0.39 is 16.1 Å². The fourth-order valence-corrected chi connectivity index (χ4v) is 3.55. The summed E-state index contributed by atoms with van der Waals surface area (Å²) in [6, 6.07) is 13.9. The van der Waals surface area contributed by atoms with E-state index in [2.05, 4.69) is 5.32 Å². The second-order valence-corrected chi connectivity index (χ2v) is 8.72. The second kappa shape index (κ2) is 8.01. The Kier molecular flexibility index (Phi) is 6.21. The molecule has 5 nitrogen and oxygen atoms in total. The quantitative estimate of drug-likeness (QED) is 0.845. The van der Waals surface area contributed by atoms with E-state index >= 15 is 0 Å². The van der Waals surface area contributed by atoms with Crippen molar-refractivity contribution in [2.24, 2.45) is 0 Å². The number of hydrogen-bond donors (Lipinski definition) is 1. The first kappa shape index (κ1) is 20.1. The van der Waals surface area contributed by atoms with Crippen LogP contribution >= 0.6 is 0 Å². The number of benzene rings is 2. The van der Waals surface area contributed by atoms with Crippen LogP contribution in [0.5, 0.6) is 0 Å². The van der Waals surface area contributed by atoms with Crippen LogP contribution in [-0.2, 0) is 14.8 Å². The maximum absolute atomic E-state index is 13.0. The molecule has 0 saturated heterocycles. The number of aryl methyl sites for hydroxylation is 2. The normalized spacial score (nSPS) is 14.1. The number of likely N-dealkylation sites (N-methyl/N-ethyl adjacent to an activating group) is 1. The first-order valence-corrected chi connectivity index (χ1v) is 10.3. The van der Waals surface area contributed by atoms with Gasteiger partial charge in [-0.3, -0.25) is 4.79 Å². The standard InChI is InChI=1S/C20H26N2O3S/c1-14-11-12-15(2)18(13-14)16(3)21-20(23)19(22(4)26(5,24)25)17-9-7-6-8-10-17/h6-13,16,19H,1-5H3,(H,21,23). The average Bonchev–Trinajstić information content (AvgIpc) is 2.57. The Balaban J connectivity index is 2.33. The maximum atomic E-state index is 13.0. The first-order valence-electron chi connectivity index (χ1n) is 8.46. The minimum atomic E-state index is -3.54. The molecule has 0 saturated carbocycles. The lowest BCUT2D eigenvalue weighted by molar-refractivity contribution is -0.125. The highest BCUT2D eigenvalue weighted by molar-refractivity contribution is 7.88. The van der Waals surface area contributed by atoms with Crippen molar-refractivity contribution in [1.29, 1.82) is 0 Å². The molecule has 0 spiro atoms. The van der Waals surface area contributed by atoms with Crippen molar-refractivity contribution < 1.29 is 13.2 Å². The number of amides is 1. The fraction of sp³-hybridized carbons (Fsp3) is 0.350. The molecule has 140 valence electrons. The summed E-state index contributed by atoms with van der Waals surface area (Å²) in [6.45, 7) is 5.90. The molecule has 6 heteroatoms. The zero-order chi connectivity index (χ0) is 19.5. The maximum Gasteiger partial charge on any atom is 0.243 e. The predicted molar refractivity (Wildman–Crippen MR) is 104 cm³/mol. The number of hydrogen-bond acceptors (Lipinski definition) is 3. The number of rotatable bonds is 6. The molecule has 0 aliphatic carbocycles. The van der Waals surface area contributed by atoms with E-state index in [9.17, 15) is 13.2 Å². The van der Waals surface area contributed by atoms with E-state index in [1.165, 1.54) is 7.05 Å². The van der Waals surface area contributed by atoms with E-state index in [1.54, 1.807) is 24.3 Å². The Morgan fingerprint density at radius 2 is 1.69 bits per heavy atom. The highest BCUT2D eigenvalue weighted by atomic mass is 32.2. The van der Waals surface area contributed by atoms with Gasteiger partial charge in [0.25, 0.3) is 0 Å². The molecule has 0 bridgehead atoms. The van der Waals surface area contributed by atoms with Crippen molar-refractivity contribution in [1.82, 2.24) is 9.62 Å². The van der Waals surface area contributed by atoms with Crippen LogP contribution in [0.2, 0.25) is 0 Å². The third kappa shape index (κ3) is 4.71. The number of sulfonamides is 1. The Morgan fingerprint density at radius 3 is 2.27 bits per heavy atom. The van der Waals surface area contributed by atoms with Gasteiger partial charge >= 0.3 is 0 Å². The van der Waals surface area contributed by atoms with Crippen molar-refractivity contribution in [3.63, 3.8) is 0 Å². The molecule has 1 N–H and O–H groups in total. The summed E-state index contributed by atoms with van der Waals surface area (Å²) in [4.78, 5) is 13.0. The van der Waals surface area contributed by atoms with Crippen LogP contribution < -0.4 is 5.32 Å². The van der Waals surface area contributed by atoms with Gasteiger partial charge in [-0.25, -0.2) is 8.42 Å². The van der Waals surface area contributed by atoms with Gasteiger partial charge in [0, 0.05) is 7.05 Å². The van der Waals surface area contributed by atoms with Crippen LogP contribution in [0.4, 0.5) is 0 Å². The molecule has 2 rings (SSSR count). The van der Waals surface area contributed by atoms with Gasteiger partial charge in [-0.15, -0.1) is 0 Å². The average molecular weight is 375 g/mol. The van der Waals surface area contributed by atoms with Crippen molar-refractivity contribution in [2.45, 2.75) is 32.9 Å². The molecule has 2 atom stereocenters. The predicted octanol–water partition coefficient (Wildman–Crippen LogP) is 3.11. The van der Waals surface area contributed by atoms with Gasteiger partial charge in [-0.1, -0.05) is 54.1 Å². The Morgan fingerprint density at radius 1 is 1.08 bits per heavy atom. The van der Waals surface area contributed by atoms with Crippen LogP contribution in [0.3, 0.4) is 0 Å². The van der Waals surface area contributed by atoms with Gasteiger partial charge in [-0.05, 0) is 37.5 Å². The van der Waals surface area contributed by atoms with Crippen LogP contribution in [-0.4, -0.2) is 31.9 Å². The number of carbonyl (C=O) groups is 1. The summed E-state index contributed by atoms with van der Waals surface area (Å²) in [6.07, 6.45) is 1.10. The van der Waals surface area contributed by atoms with E-state index in [1.807, 2.05) is 45.0 Å². The Labute approximate surface area is 156 Å². The van der Waals surface area contributed by atoms with Crippen molar-refractivity contribution in [3.8, 4) is 0 Å². The molecule has 2 aromatic rings. The number of nitrogens with one attached hydrogen (secondary N) is 1. The summed E-state index contributed by atoms with van der Waals surface area (Å²) >= 11 is 0. The minimum absolute atomic E-state index is 0.235. The lowest BCUT2D eigenvalue weighted by atomic mass is 9.99. The van der Waals surface area contributed by atoms with Crippen LogP contribution in [0, 0.1) is 13.8 Å². The molecule has 0 heterocycles. The molecule has 0 fully saturated rings. The van der Waals surface area contributed by atoms with E-state index in [-0.39, 0.29) is 11.9 Å². The lowest BCUT2D eigenvalue weighted by Gasteiger charge is -2.27. The summed E-state index contributed by atoms with van der Waals surface area (Å²) in [5.74, 6) is -0.350. The summed E-state index contributed by atoms with van der Waals surface area (Å²) in [5, 5.41) is 2.97. The van der Waals surface area contributed by atoms with Gasteiger partial charge < -0.3 is 5.32 Å². The van der Waals surface area contributed by atoms with E-state index in [4.69, 9.17) is 0 Å². The number of carbonyl (C=O) groups excluding carboxylic acids is 1. The molecule has 1 amide bonds. The van der Waals surface area contributed by atoms with Gasteiger partial charge in [-0.2, -0.15) is 4.31 Å². The van der Waals surface area contributed by atoms with E-state index in [0.29, 0.717) is 5.56 Å². The van der Waals surface area contributed by atoms with Crippen LogP contribution in [0.1, 0.15) is 41.3 Å². The van der Waals surface area contributed by atoms with Gasteiger partial charge in [0.1, 0.15) is 6.04 Å². The summed E-state index contributed by atoms with van der Waals surface area (Å²) in [5.41, 5.74) is 3.84. The molecular weight excluding hydrogens is 348 g/mol. The smallest absolute Gasteiger partial charge is 0.243 e. The van der Waals surface area contributed by atoms with Gasteiger partial charge in [0.2, 0.25) is 15.9 Å². The molecule has 26 heavy (non-hydrogen) atoms. The monoisotopic (exact) mass is 374 g/mol. The highest BCUT2D eigenvalue weighted by Gasteiger charge is 2.31. The lowest BCUT2D eigenvalue weighted by Crippen LogP contribution is -2.42. The summed E-state index contributed by atoms with van der Waals surface area (Å²) < 4.78 is 25.2. The minimum Gasteiger partial charge on any atom is -0.348 e. The molecular formula is C20H26N2O3S. The topological polar surface area (TPSA) is 66.5 Å². The molecule has 2 unspecified atom stereocenters. The van der Waals surface area contributed by atoms with Crippen molar-refractivity contribution in [3.05, 3.63) is 70.8 Å². The zero-order valence-corrected chi connectivity index (χ0v) is 16.7. The Bertz CT molecular complexity index is 879. The van der Waals surface area contributed by atoms with Gasteiger partial charge in [0.05, 0.1) is 12.3 Å². The zero-order valence-electron chi connectivity index (χ0n) is 15.9. The van der Waals surface area contributed by atoms with Crippen molar-refractivity contribution >= 4 is 15.9 Å². The van der Waals surface area contributed by atoms with Gasteiger partial charge in [0.15, 0.2) is 0 Å². The third-order valence-corrected chi connectivity index (χ3v) is 5.77. The third-order valence-electron chi connectivity index (χ3n) is 4.51. The van der Waals surface area contributed by atoms with Crippen LogP contribution in [0.15, 0.2) is 48.5 Å². The Hall–Kier alpha value is -2.18.